The summed E-state index contributed by atoms with van der Waals surface area (Å²) in [5.74, 6) is 0.551. The average molecular weight is 469 g/mol. The highest BCUT2D eigenvalue weighted by molar-refractivity contribution is 5.97. The monoisotopic (exact) mass is 468 g/mol. The number of aromatic nitrogens is 4. The van der Waals surface area contributed by atoms with Crippen molar-refractivity contribution in [1.29, 1.82) is 0 Å². The summed E-state index contributed by atoms with van der Waals surface area (Å²) < 4.78 is 1.87. The summed E-state index contributed by atoms with van der Waals surface area (Å²) in [6.45, 7) is 8.82. The van der Waals surface area contributed by atoms with Gasteiger partial charge in [-0.15, -0.1) is 10.2 Å². The molecule has 1 aromatic carbocycles. The van der Waals surface area contributed by atoms with Crippen molar-refractivity contribution in [2.24, 2.45) is 0 Å². The fraction of sp³-hybridized carbons (Fsp3) is 0.296. The van der Waals surface area contributed by atoms with Crippen LogP contribution in [0.15, 0.2) is 59.5 Å². The number of carbonyl (C=O) groups is 1. The number of rotatable bonds is 4. The van der Waals surface area contributed by atoms with Crippen LogP contribution in [0.2, 0.25) is 0 Å². The van der Waals surface area contributed by atoms with Gasteiger partial charge in [0, 0.05) is 50.2 Å². The maximum absolute atomic E-state index is 13.3. The quantitative estimate of drug-likeness (QED) is 0.456. The van der Waals surface area contributed by atoms with Crippen LogP contribution in [0, 0.1) is 13.8 Å². The average Bonchev–Trinajstić information content (AvgIpc) is 2.89. The zero-order valence-electron chi connectivity index (χ0n) is 20.2. The van der Waals surface area contributed by atoms with Crippen molar-refractivity contribution in [1.82, 2.24) is 24.6 Å². The Kier molecular flexibility index (Phi) is 6.03. The molecule has 0 N–H and O–H groups in total. The summed E-state index contributed by atoms with van der Waals surface area (Å²) in [4.78, 5) is 34.8. The molecule has 1 aliphatic rings. The standard InChI is InChI=1S/C27H28N6O2/c1-4-31-17-22(25(34)21-10-9-19(3)28-26(21)31)27(35)33-15-13-32(14-16-33)24-12-11-23(29-30-24)20-8-6-5-7-18(20)2/h5-12,17H,4,13-16H2,1-3H3. The van der Waals surface area contributed by atoms with Crippen LogP contribution in [0.1, 0.15) is 28.5 Å². The molecule has 35 heavy (non-hydrogen) atoms. The fourth-order valence-corrected chi connectivity index (χ4v) is 4.56. The Morgan fingerprint density at radius 3 is 2.40 bits per heavy atom. The second-order valence-corrected chi connectivity index (χ2v) is 8.85. The summed E-state index contributed by atoms with van der Waals surface area (Å²) in [5.41, 5.74) is 4.46. The molecule has 8 heteroatoms. The minimum Gasteiger partial charge on any atom is -0.352 e. The lowest BCUT2D eigenvalue weighted by Gasteiger charge is -2.35. The van der Waals surface area contributed by atoms with Crippen LogP contribution in [0.5, 0.6) is 0 Å². The molecule has 0 aliphatic carbocycles. The van der Waals surface area contributed by atoms with E-state index in [1.54, 1.807) is 17.2 Å². The molecule has 5 rings (SSSR count). The molecule has 0 spiro atoms. The Balaban J connectivity index is 1.32. The first-order chi connectivity index (χ1) is 17.0. The smallest absolute Gasteiger partial charge is 0.259 e. The zero-order chi connectivity index (χ0) is 24.5. The van der Waals surface area contributed by atoms with E-state index in [1.165, 1.54) is 0 Å². The number of fused-ring (bicyclic) bond motifs is 1. The number of aryl methyl sites for hydroxylation is 3. The first-order valence-electron chi connectivity index (χ1n) is 11.9. The third kappa shape index (κ3) is 4.27. The van der Waals surface area contributed by atoms with Gasteiger partial charge in [-0.25, -0.2) is 4.98 Å². The van der Waals surface area contributed by atoms with Crippen molar-refractivity contribution in [3.05, 3.63) is 81.8 Å². The van der Waals surface area contributed by atoms with Crippen LogP contribution in [0.25, 0.3) is 22.3 Å². The zero-order valence-corrected chi connectivity index (χ0v) is 20.2. The molecule has 4 heterocycles. The van der Waals surface area contributed by atoms with E-state index in [4.69, 9.17) is 0 Å². The Morgan fingerprint density at radius 1 is 0.943 bits per heavy atom. The fourth-order valence-electron chi connectivity index (χ4n) is 4.56. The van der Waals surface area contributed by atoms with Gasteiger partial charge in [0.05, 0.1) is 11.1 Å². The van der Waals surface area contributed by atoms with Crippen LogP contribution >= 0.6 is 0 Å². The maximum atomic E-state index is 13.3. The number of hydrogen-bond acceptors (Lipinski definition) is 6. The van der Waals surface area contributed by atoms with Gasteiger partial charge < -0.3 is 14.4 Å². The lowest BCUT2D eigenvalue weighted by atomic mass is 10.1. The highest BCUT2D eigenvalue weighted by atomic mass is 16.2. The molecule has 0 radical (unpaired) electrons. The molecule has 178 valence electrons. The highest BCUT2D eigenvalue weighted by Gasteiger charge is 2.26. The van der Waals surface area contributed by atoms with Crippen LogP contribution in [0.3, 0.4) is 0 Å². The van der Waals surface area contributed by atoms with Gasteiger partial charge in [0.1, 0.15) is 11.2 Å². The van der Waals surface area contributed by atoms with Gasteiger partial charge in [-0.05, 0) is 50.6 Å². The third-order valence-corrected chi connectivity index (χ3v) is 6.59. The molecule has 1 amide bonds. The number of amides is 1. The van der Waals surface area contributed by atoms with E-state index < -0.39 is 0 Å². The third-order valence-electron chi connectivity index (χ3n) is 6.59. The first kappa shape index (κ1) is 22.7. The lowest BCUT2D eigenvalue weighted by Crippen LogP contribution is -2.50. The van der Waals surface area contributed by atoms with Gasteiger partial charge in [-0.2, -0.15) is 0 Å². The van der Waals surface area contributed by atoms with E-state index in [9.17, 15) is 9.59 Å². The predicted molar refractivity (Wildman–Crippen MR) is 137 cm³/mol. The largest absolute Gasteiger partial charge is 0.352 e. The molecule has 8 nitrogen and oxygen atoms in total. The maximum Gasteiger partial charge on any atom is 0.259 e. The van der Waals surface area contributed by atoms with Crippen molar-refractivity contribution >= 4 is 22.8 Å². The topological polar surface area (TPSA) is 84.2 Å². The van der Waals surface area contributed by atoms with Gasteiger partial charge in [-0.3, -0.25) is 9.59 Å². The lowest BCUT2D eigenvalue weighted by molar-refractivity contribution is 0.0744. The number of pyridine rings is 2. The molecule has 0 saturated carbocycles. The molecule has 1 aliphatic heterocycles. The van der Waals surface area contributed by atoms with Crippen molar-refractivity contribution in [2.45, 2.75) is 27.3 Å². The van der Waals surface area contributed by atoms with E-state index in [-0.39, 0.29) is 16.9 Å². The van der Waals surface area contributed by atoms with Gasteiger partial charge in [0.25, 0.3) is 5.91 Å². The number of anilines is 1. The second kappa shape index (κ2) is 9.29. The highest BCUT2D eigenvalue weighted by Crippen LogP contribution is 2.22. The Morgan fingerprint density at radius 2 is 1.71 bits per heavy atom. The SMILES string of the molecule is CCn1cc(C(=O)N2CCN(c3ccc(-c4ccccc4C)nn3)CC2)c(=O)c2ccc(C)nc21. The molecular weight excluding hydrogens is 440 g/mol. The first-order valence-corrected chi connectivity index (χ1v) is 11.9. The molecule has 3 aromatic heterocycles. The normalized spacial score (nSPS) is 13.9. The summed E-state index contributed by atoms with van der Waals surface area (Å²) in [7, 11) is 0. The van der Waals surface area contributed by atoms with Crippen LogP contribution in [0.4, 0.5) is 5.82 Å². The van der Waals surface area contributed by atoms with E-state index >= 15 is 0 Å². The summed E-state index contributed by atoms with van der Waals surface area (Å²) in [5, 5.41) is 9.35. The molecule has 1 saturated heterocycles. The Labute approximate surface area is 203 Å². The summed E-state index contributed by atoms with van der Waals surface area (Å²) >= 11 is 0. The van der Waals surface area contributed by atoms with E-state index in [0.717, 1.165) is 28.3 Å². The Hall–Kier alpha value is -4.07. The number of nitrogens with zero attached hydrogens (tertiary/aromatic N) is 6. The number of piperazine rings is 1. The van der Waals surface area contributed by atoms with Crippen LogP contribution < -0.4 is 10.3 Å². The molecular formula is C27H28N6O2. The van der Waals surface area contributed by atoms with E-state index in [2.05, 4.69) is 33.1 Å². The van der Waals surface area contributed by atoms with Crippen molar-refractivity contribution < 1.29 is 4.79 Å². The number of carbonyl (C=O) groups excluding carboxylic acids is 1. The molecule has 0 atom stereocenters. The predicted octanol–water partition coefficient (Wildman–Crippen LogP) is 3.45. The molecule has 1 fully saturated rings. The number of benzene rings is 1. The minimum absolute atomic E-state index is 0.195. The Bertz CT molecular complexity index is 1450. The molecule has 4 aromatic rings. The molecule has 0 bridgehead atoms. The molecule has 0 unspecified atom stereocenters. The summed E-state index contributed by atoms with van der Waals surface area (Å²) in [6.07, 6.45) is 1.65. The van der Waals surface area contributed by atoms with Gasteiger partial charge in [0.2, 0.25) is 5.43 Å². The van der Waals surface area contributed by atoms with Crippen molar-refractivity contribution in [2.75, 3.05) is 31.1 Å². The van der Waals surface area contributed by atoms with E-state index in [0.29, 0.717) is 43.8 Å². The van der Waals surface area contributed by atoms with Crippen LogP contribution in [-0.2, 0) is 6.54 Å². The van der Waals surface area contributed by atoms with Crippen LogP contribution in [-0.4, -0.2) is 56.7 Å². The van der Waals surface area contributed by atoms with Gasteiger partial charge >= 0.3 is 0 Å². The minimum atomic E-state index is -0.262. The van der Waals surface area contributed by atoms with Gasteiger partial charge in [-0.1, -0.05) is 24.3 Å². The summed E-state index contributed by atoms with van der Waals surface area (Å²) in [6, 6.07) is 15.6. The van der Waals surface area contributed by atoms with Crippen molar-refractivity contribution in [3.63, 3.8) is 0 Å². The van der Waals surface area contributed by atoms with Crippen molar-refractivity contribution in [3.8, 4) is 11.3 Å². The van der Waals surface area contributed by atoms with E-state index in [1.807, 2.05) is 54.8 Å². The van der Waals surface area contributed by atoms with Gasteiger partial charge in [0.15, 0.2) is 5.82 Å². The number of hydrogen-bond donors (Lipinski definition) is 0. The second-order valence-electron chi connectivity index (χ2n) is 8.85.